The van der Waals surface area contributed by atoms with Crippen LogP contribution in [-0.2, 0) is 13.0 Å². The van der Waals surface area contributed by atoms with Crippen LogP contribution in [0.4, 0.5) is 4.39 Å². The Balaban J connectivity index is 1.86. The maximum Gasteiger partial charge on any atom is 0.257 e. The monoisotopic (exact) mass is 357 g/mol. The first-order chi connectivity index (χ1) is 12.4. The van der Waals surface area contributed by atoms with E-state index in [1.54, 1.807) is 30.8 Å². The molecule has 0 spiro atoms. The van der Waals surface area contributed by atoms with Crippen molar-refractivity contribution in [1.29, 1.82) is 0 Å². The number of benzene rings is 1. The molecule has 0 aliphatic carbocycles. The van der Waals surface area contributed by atoms with Crippen molar-refractivity contribution in [3.05, 3.63) is 58.7 Å². The van der Waals surface area contributed by atoms with E-state index in [0.29, 0.717) is 40.8 Å². The first-order valence-corrected chi connectivity index (χ1v) is 8.29. The summed E-state index contributed by atoms with van der Waals surface area (Å²) < 4.78 is 19.9. The number of halogens is 1. The van der Waals surface area contributed by atoms with Gasteiger partial charge in [0.05, 0.1) is 29.2 Å². The zero-order chi connectivity index (χ0) is 18.8. The van der Waals surface area contributed by atoms with Gasteiger partial charge in [-0.1, -0.05) is 12.1 Å². The Morgan fingerprint density at radius 2 is 1.96 bits per heavy atom. The molecule has 1 aromatic carbocycles. The highest BCUT2D eigenvalue weighted by molar-refractivity contribution is 5.96. The third kappa shape index (κ3) is 3.35. The summed E-state index contributed by atoms with van der Waals surface area (Å²) >= 11 is 0. The van der Waals surface area contributed by atoms with E-state index in [1.165, 1.54) is 17.0 Å². The molecule has 3 rings (SSSR count). The van der Waals surface area contributed by atoms with Gasteiger partial charge in [0.25, 0.3) is 5.91 Å². The predicted octanol–water partition coefficient (Wildman–Crippen LogP) is 2.85. The molecule has 0 N–H and O–H groups in total. The quantitative estimate of drug-likeness (QED) is 0.702. The number of hydrogen-bond donors (Lipinski definition) is 0. The standard InChI is InChI=1S/C18H20FN5O2/c1-5-15-20-16(26-22-15)10-23(4)18(25)17-11(2)21-24(12(17)3)14-8-6-13(19)7-9-14/h6-9H,5,10H2,1-4H3. The summed E-state index contributed by atoms with van der Waals surface area (Å²) in [4.78, 5) is 18.6. The Hall–Kier alpha value is -3.03. The van der Waals surface area contributed by atoms with E-state index in [2.05, 4.69) is 15.2 Å². The minimum Gasteiger partial charge on any atom is -0.337 e. The van der Waals surface area contributed by atoms with Gasteiger partial charge in [-0.15, -0.1) is 0 Å². The van der Waals surface area contributed by atoms with Crippen LogP contribution in [0.2, 0.25) is 0 Å². The van der Waals surface area contributed by atoms with Crippen LogP contribution >= 0.6 is 0 Å². The summed E-state index contributed by atoms with van der Waals surface area (Å²) in [6.45, 7) is 5.73. The lowest BCUT2D eigenvalue weighted by Gasteiger charge is -2.15. The summed E-state index contributed by atoms with van der Waals surface area (Å²) in [5.41, 5.74) is 2.49. The number of carbonyl (C=O) groups is 1. The lowest BCUT2D eigenvalue weighted by atomic mass is 10.1. The fourth-order valence-electron chi connectivity index (χ4n) is 2.75. The third-order valence-electron chi connectivity index (χ3n) is 4.12. The van der Waals surface area contributed by atoms with Crippen LogP contribution in [-0.4, -0.2) is 37.8 Å². The topological polar surface area (TPSA) is 77.0 Å². The van der Waals surface area contributed by atoms with Crippen LogP contribution in [0.5, 0.6) is 0 Å². The van der Waals surface area contributed by atoms with Crippen molar-refractivity contribution in [2.24, 2.45) is 0 Å². The van der Waals surface area contributed by atoms with E-state index >= 15 is 0 Å². The molecule has 1 amide bonds. The van der Waals surface area contributed by atoms with Crippen molar-refractivity contribution in [1.82, 2.24) is 24.8 Å². The maximum atomic E-state index is 13.1. The highest BCUT2D eigenvalue weighted by Crippen LogP contribution is 2.20. The number of hydrogen-bond acceptors (Lipinski definition) is 5. The molecule has 26 heavy (non-hydrogen) atoms. The number of rotatable bonds is 5. The molecule has 0 aliphatic heterocycles. The van der Waals surface area contributed by atoms with Crippen molar-refractivity contribution in [2.45, 2.75) is 33.7 Å². The van der Waals surface area contributed by atoms with Crippen LogP contribution in [0.15, 0.2) is 28.8 Å². The van der Waals surface area contributed by atoms with Gasteiger partial charge in [0.15, 0.2) is 5.82 Å². The van der Waals surface area contributed by atoms with Gasteiger partial charge >= 0.3 is 0 Å². The first-order valence-electron chi connectivity index (χ1n) is 8.29. The van der Waals surface area contributed by atoms with E-state index in [9.17, 15) is 9.18 Å². The van der Waals surface area contributed by atoms with E-state index in [1.807, 2.05) is 13.8 Å². The van der Waals surface area contributed by atoms with Gasteiger partial charge in [-0.25, -0.2) is 9.07 Å². The molecule has 0 radical (unpaired) electrons. The van der Waals surface area contributed by atoms with Gasteiger partial charge in [-0.2, -0.15) is 10.1 Å². The average molecular weight is 357 g/mol. The van der Waals surface area contributed by atoms with Gasteiger partial charge in [0.1, 0.15) is 5.82 Å². The molecule has 8 heteroatoms. The van der Waals surface area contributed by atoms with Crippen molar-refractivity contribution in [3.8, 4) is 5.69 Å². The Morgan fingerprint density at radius 3 is 2.58 bits per heavy atom. The molecule has 0 unspecified atom stereocenters. The molecule has 0 bridgehead atoms. The lowest BCUT2D eigenvalue weighted by molar-refractivity contribution is 0.0768. The molecule has 2 aromatic heterocycles. The van der Waals surface area contributed by atoms with Crippen LogP contribution in [0.25, 0.3) is 5.69 Å². The van der Waals surface area contributed by atoms with Crippen molar-refractivity contribution < 1.29 is 13.7 Å². The lowest BCUT2D eigenvalue weighted by Crippen LogP contribution is -2.27. The van der Waals surface area contributed by atoms with Gasteiger partial charge < -0.3 is 9.42 Å². The van der Waals surface area contributed by atoms with Crippen LogP contribution in [0.1, 0.15) is 40.4 Å². The smallest absolute Gasteiger partial charge is 0.257 e. The normalized spacial score (nSPS) is 11.0. The molecule has 7 nitrogen and oxygen atoms in total. The van der Waals surface area contributed by atoms with Crippen molar-refractivity contribution in [3.63, 3.8) is 0 Å². The predicted molar refractivity (Wildman–Crippen MR) is 92.5 cm³/mol. The minimum absolute atomic E-state index is 0.190. The molecule has 136 valence electrons. The molecular formula is C18H20FN5O2. The van der Waals surface area contributed by atoms with Crippen molar-refractivity contribution >= 4 is 5.91 Å². The second-order valence-electron chi connectivity index (χ2n) is 6.05. The minimum atomic E-state index is -0.322. The molecule has 0 atom stereocenters. The van der Waals surface area contributed by atoms with Crippen LogP contribution < -0.4 is 0 Å². The van der Waals surface area contributed by atoms with E-state index in [4.69, 9.17) is 4.52 Å². The molecule has 3 aromatic rings. The van der Waals surface area contributed by atoms with Gasteiger partial charge in [0, 0.05) is 13.5 Å². The molecule has 0 saturated carbocycles. The number of aryl methyl sites for hydroxylation is 2. The van der Waals surface area contributed by atoms with Crippen LogP contribution in [0.3, 0.4) is 0 Å². The van der Waals surface area contributed by atoms with E-state index in [0.717, 1.165) is 0 Å². The second kappa shape index (κ2) is 7.07. The first kappa shape index (κ1) is 17.8. The summed E-state index contributed by atoms with van der Waals surface area (Å²) in [6.07, 6.45) is 0.670. The van der Waals surface area contributed by atoms with Crippen molar-refractivity contribution in [2.75, 3.05) is 7.05 Å². The third-order valence-corrected chi connectivity index (χ3v) is 4.12. The van der Waals surface area contributed by atoms with E-state index < -0.39 is 0 Å². The number of amides is 1. The summed E-state index contributed by atoms with van der Waals surface area (Å²) in [5.74, 6) is 0.484. The summed E-state index contributed by atoms with van der Waals surface area (Å²) in [5, 5.41) is 8.27. The Labute approximate surface area is 150 Å². The number of nitrogens with zero attached hydrogens (tertiary/aromatic N) is 5. The fourth-order valence-corrected chi connectivity index (χ4v) is 2.75. The second-order valence-corrected chi connectivity index (χ2v) is 6.05. The van der Waals surface area contributed by atoms with Crippen LogP contribution in [0, 0.1) is 19.7 Å². The molecular weight excluding hydrogens is 337 g/mol. The zero-order valence-corrected chi connectivity index (χ0v) is 15.2. The Morgan fingerprint density at radius 1 is 1.27 bits per heavy atom. The number of aromatic nitrogens is 4. The highest BCUT2D eigenvalue weighted by Gasteiger charge is 2.23. The fraction of sp³-hybridized carbons (Fsp3) is 0.333. The zero-order valence-electron chi connectivity index (χ0n) is 15.2. The largest absolute Gasteiger partial charge is 0.337 e. The Kier molecular flexibility index (Phi) is 4.83. The van der Waals surface area contributed by atoms with Gasteiger partial charge in [0.2, 0.25) is 5.89 Å². The Bertz CT molecular complexity index is 930. The SMILES string of the molecule is CCc1noc(CN(C)C(=O)c2c(C)nn(-c3ccc(F)cc3)c2C)n1. The average Bonchev–Trinajstić information content (AvgIpc) is 3.19. The summed E-state index contributed by atoms with van der Waals surface area (Å²) in [6, 6.07) is 5.97. The maximum absolute atomic E-state index is 13.1. The van der Waals surface area contributed by atoms with Gasteiger partial charge in [-0.05, 0) is 38.1 Å². The van der Waals surface area contributed by atoms with Gasteiger partial charge in [-0.3, -0.25) is 4.79 Å². The molecule has 0 fully saturated rings. The number of carbonyl (C=O) groups excluding carboxylic acids is 1. The van der Waals surface area contributed by atoms with E-state index in [-0.39, 0.29) is 18.3 Å². The molecule has 2 heterocycles. The molecule has 0 saturated heterocycles. The molecule has 0 aliphatic rings. The summed E-state index contributed by atoms with van der Waals surface area (Å²) in [7, 11) is 1.67. The highest BCUT2D eigenvalue weighted by atomic mass is 19.1.